The van der Waals surface area contributed by atoms with Crippen molar-refractivity contribution in [1.29, 1.82) is 0 Å². The first-order valence-electron chi connectivity index (χ1n) is 5.63. The SMILES string of the molecule is CNc1nc(Sc2ccc(F)cc2)nc(N(C)C)n1. The van der Waals surface area contributed by atoms with Gasteiger partial charge in [-0.2, -0.15) is 15.0 Å². The van der Waals surface area contributed by atoms with Crippen LogP contribution in [-0.2, 0) is 0 Å². The second kappa shape index (κ2) is 5.83. The van der Waals surface area contributed by atoms with E-state index in [1.807, 2.05) is 14.1 Å². The molecule has 0 aliphatic carbocycles. The molecule has 0 radical (unpaired) electrons. The Kier molecular flexibility index (Phi) is 4.16. The van der Waals surface area contributed by atoms with Crippen LogP contribution >= 0.6 is 11.8 Å². The minimum absolute atomic E-state index is 0.259. The average molecular weight is 279 g/mol. The number of nitrogens with one attached hydrogen (secondary N) is 1. The van der Waals surface area contributed by atoms with Crippen molar-refractivity contribution in [3.8, 4) is 0 Å². The molecular formula is C12H14FN5S. The van der Waals surface area contributed by atoms with Crippen LogP contribution in [0.15, 0.2) is 34.3 Å². The zero-order chi connectivity index (χ0) is 13.8. The quantitative estimate of drug-likeness (QED) is 0.926. The number of hydrogen-bond donors (Lipinski definition) is 1. The Balaban J connectivity index is 2.28. The topological polar surface area (TPSA) is 53.9 Å². The van der Waals surface area contributed by atoms with Gasteiger partial charge in [0.05, 0.1) is 0 Å². The summed E-state index contributed by atoms with van der Waals surface area (Å²) in [5.74, 6) is 0.817. The molecule has 0 amide bonds. The predicted molar refractivity (Wildman–Crippen MR) is 74.2 cm³/mol. The molecule has 1 N–H and O–H groups in total. The number of halogens is 1. The molecule has 0 aliphatic rings. The minimum atomic E-state index is -0.259. The zero-order valence-corrected chi connectivity index (χ0v) is 11.7. The molecule has 7 heteroatoms. The fraction of sp³-hybridized carbons (Fsp3) is 0.250. The van der Waals surface area contributed by atoms with Crippen molar-refractivity contribution in [2.45, 2.75) is 10.1 Å². The third-order valence-corrected chi connectivity index (χ3v) is 3.12. The molecule has 1 aromatic heterocycles. The normalized spacial score (nSPS) is 10.3. The van der Waals surface area contributed by atoms with Gasteiger partial charge in [-0.1, -0.05) is 0 Å². The zero-order valence-electron chi connectivity index (χ0n) is 10.9. The first kappa shape index (κ1) is 13.5. The molecule has 19 heavy (non-hydrogen) atoms. The van der Waals surface area contributed by atoms with E-state index in [1.165, 1.54) is 23.9 Å². The second-order valence-electron chi connectivity index (χ2n) is 3.94. The van der Waals surface area contributed by atoms with E-state index in [0.717, 1.165) is 4.90 Å². The Labute approximate surface area is 115 Å². The summed E-state index contributed by atoms with van der Waals surface area (Å²) in [7, 11) is 5.48. The largest absolute Gasteiger partial charge is 0.357 e. The van der Waals surface area contributed by atoms with Crippen LogP contribution in [0, 0.1) is 5.82 Å². The lowest BCUT2D eigenvalue weighted by Gasteiger charge is -2.12. The summed E-state index contributed by atoms with van der Waals surface area (Å²) in [6.45, 7) is 0. The molecule has 0 unspecified atom stereocenters. The summed E-state index contributed by atoms with van der Waals surface area (Å²) >= 11 is 1.36. The number of hydrogen-bond acceptors (Lipinski definition) is 6. The van der Waals surface area contributed by atoms with Crippen molar-refractivity contribution in [1.82, 2.24) is 15.0 Å². The van der Waals surface area contributed by atoms with E-state index in [0.29, 0.717) is 17.1 Å². The van der Waals surface area contributed by atoms with Crippen molar-refractivity contribution in [2.75, 3.05) is 31.4 Å². The van der Waals surface area contributed by atoms with Gasteiger partial charge in [-0.3, -0.25) is 0 Å². The van der Waals surface area contributed by atoms with Crippen LogP contribution in [0.2, 0.25) is 0 Å². The Hall–Kier alpha value is -1.89. The van der Waals surface area contributed by atoms with Crippen LogP contribution in [0.5, 0.6) is 0 Å². The summed E-state index contributed by atoms with van der Waals surface area (Å²) in [5, 5.41) is 3.46. The van der Waals surface area contributed by atoms with Gasteiger partial charge in [0.1, 0.15) is 5.82 Å². The van der Waals surface area contributed by atoms with E-state index in [4.69, 9.17) is 0 Å². The first-order chi connectivity index (χ1) is 9.08. The monoisotopic (exact) mass is 279 g/mol. The average Bonchev–Trinajstić information content (AvgIpc) is 2.41. The minimum Gasteiger partial charge on any atom is -0.357 e. The van der Waals surface area contributed by atoms with Gasteiger partial charge in [0.25, 0.3) is 0 Å². The van der Waals surface area contributed by atoms with Crippen LogP contribution in [0.3, 0.4) is 0 Å². The van der Waals surface area contributed by atoms with Gasteiger partial charge in [-0.25, -0.2) is 4.39 Å². The molecule has 100 valence electrons. The maximum absolute atomic E-state index is 12.8. The summed E-state index contributed by atoms with van der Waals surface area (Å²) in [4.78, 5) is 15.5. The molecule has 1 aromatic carbocycles. The predicted octanol–water partition coefficient (Wildman–Crippen LogP) is 2.27. The highest BCUT2D eigenvalue weighted by Crippen LogP contribution is 2.26. The third kappa shape index (κ3) is 3.54. The molecule has 0 atom stereocenters. The number of benzene rings is 1. The molecule has 5 nitrogen and oxygen atoms in total. The molecule has 0 saturated heterocycles. The standard InChI is InChI=1S/C12H14FN5S/c1-14-10-15-11(18(2)3)17-12(16-10)19-9-6-4-8(13)5-7-9/h4-7H,1-3H3,(H,14,15,16,17). The molecular weight excluding hydrogens is 265 g/mol. The van der Waals surface area contributed by atoms with Gasteiger partial charge in [0.15, 0.2) is 5.16 Å². The van der Waals surface area contributed by atoms with Crippen LogP contribution in [0.1, 0.15) is 0 Å². The Bertz CT molecular complexity index is 559. The number of nitrogens with zero attached hydrogens (tertiary/aromatic N) is 4. The van der Waals surface area contributed by atoms with Gasteiger partial charge >= 0.3 is 0 Å². The second-order valence-corrected chi connectivity index (χ2v) is 4.98. The van der Waals surface area contributed by atoms with Crippen molar-refractivity contribution >= 4 is 23.7 Å². The lowest BCUT2D eigenvalue weighted by atomic mass is 10.4. The third-order valence-electron chi connectivity index (χ3n) is 2.25. The van der Waals surface area contributed by atoms with Crippen LogP contribution < -0.4 is 10.2 Å². The fourth-order valence-corrected chi connectivity index (χ4v) is 2.05. The smallest absolute Gasteiger partial charge is 0.230 e. The summed E-state index contributed by atoms with van der Waals surface area (Å²) in [5.41, 5.74) is 0. The lowest BCUT2D eigenvalue weighted by Crippen LogP contribution is -2.15. The maximum atomic E-state index is 12.8. The van der Waals surface area contributed by atoms with Crippen LogP contribution in [0.4, 0.5) is 16.3 Å². The van der Waals surface area contributed by atoms with E-state index in [1.54, 1.807) is 24.1 Å². The number of rotatable bonds is 4. The summed E-state index contributed by atoms with van der Waals surface area (Å²) in [6.07, 6.45) is 0. The van der Waals surface area contributed by atoms with Gasteiger partial charge in [0, 0.05) is 26.0 Å². The Morgan fingerprint density at radius 1 is 1.11 bits per heavy atom. The molecule has 0 fully saturated rings. The lowest BCUT2D eigenvalue weighted by molar-refractivity contribution is 0.626. The van der Waals surface area contributed by atoms with Gasteiger partial charge < -0.3 is 10.2 Å². The van der Waals surface area contributed by atoms with Crippen LogP contribution in [-0.4, -0.2) is 36.1 Å². The molecule has 0 spiro atoms. The molecule has 2 aromatic rings. The Morgan fingerprint density at radius 2 is 1.79 bits per heavy atom. The van der Waals surface area contributed by atoms with Gasteiger partial charge in [-0.15, -0.1) is 0 Å². The molecule has 1 heterocycles. The molecule has 0 saturated carbocycles. The van der Waals surface area contributed by atoms with E-state index in [9.17, 15) is 4.39 Å². The molecule has 0 aliphatic heterocycles. The van der Waals surface area contributed by atoms with Crippen molar-refractivity contribution < 1.29 is 4.39 Å². The van der Waals surface area contributed by atoms with Crippen molar-refractivity contribution in [3.63, 3.8) is 0 Å². The number of anilines is 2. The van der Waals surface area contributed by atoms with E-state index >= 15 is 0 Å². The fourth-order valence-electron chi connectivity index (χ4n) is 1.31. The van der Waals surface area contributed by atoms with Crippen molar-refractivity contribution in [2.24, 2.45) is 0 Å². The highest BCUT2D eigenvalue weighted by Gasteiger charge is 2.08. The van der Waals surface area contributed by atoms with Crippen LogP contribution in [0.25, 0.3) is 0 Å². The maximum Gasteiger partial charge on any atom is 0.230 e. The van der Waals surface area contributed by atoms with Gasteiger partial charge in [0.2, 0.25) is 11.9 Å². The Morgan fingerprint density at radius 3 is 2.37 bits per heavy atom. The molecule has 0 bridgehead atoms. The van der Waals surface area contributed by atoms with E-state index in [2.05, 4.69) is 20.3 Å². The van der Waals surface area contributed by atoms with Gasteiger partial charge in [-0.05, 0) is 36.0 Å². The highest BCUT2D eigenvalue weighted by molar-refractivity contribution is 7.99. The summed E-state index contributed by atoms with van der Waals surface area (Å²) in [6, 6.07) is 6.21. The van der Waals surface area contributed by atoms with E-state index in [-0.39, 0.29) is 5.82 Å². The summed E-state index contributed by atoms with van der Waals surface area (Å²) < 4.78 is 12.8. The highest BCUT2D eigenvalue weighted by atomic mass is 32.2. The van der Waals surface area contributed by atoms with E-state index < -0.39 is 0 Å². The first-order valence-corrected chi connectivity index (χ1v) is 6.44. The van der Waals surface area contributed by atoms with Crippen molar-refractivity contribution in [3.05, 3.63) is 30.1 Å². The number of aromatic nitrogens is 3. The molecule has 2 rings (SSSR count).